The van der Waals surface area contributed by atoms with Crippen molar-refractivity contribution in [1.82, 2.24) is 4.98 Å². The summed E-state index contributed by atoms with van der Waals surface area (Å²) in [5.74, 6) is 0. The number of anilines is 1. The second-order valence-electron chi connectivity index (χ2n) is 7.63. The average Bonchev–Trinajstić information content (AvgIpc) is 3.34. The second-order valence-corrected chi connectivity index (χ2v) is 9.93. The van der Waals surface area contributed by atoms with Gasteiger partial charge in [-0.1, -0.05) is 28.1 Å². The number of rotatable bonds is 3. The van der Waals surface area contributed by atoms with Crippen LogP contribution in [0, 0.1) is 6.92 Å². The van der Waals surface area contributed by atoms with E-state index in [1.54, 1.807) is 22.7 Å². The van der Waals surface area contributed by atoms with Gasteiger partial charge in [-0.2, -0.15) is 0 Å². The molecule has 3 heterocycles. The molecule has 0 bridgehead atoms. The van der Waals surface area contributed by atoms with Crippen LogP contribution in [0.3, 0.4) is 0 Å². The number of fused-ring (bicyclic) bond motifs is 1. The molecule has 3 aromatic rings. The van der Waals surface area contributed by atoms with Crippen LogP contribution < -0.4 is 11.1 Å². The fraction of sp³-hybridized carbons (Fsp3) is 0.316. The van der Waals surface area contributed by atoms with Crippen LogP contribution in [-0.2, 0) is 6.54 Å². The van der Waals surface area contributed by atoms with Gasteiger partial charge in [0.05, 0.1) is 47.3 Å². The average molecular weight is 451 g/mol. The number of hydrogen-bond donors (Lipinski definition) is 2. The molecular formula is C19H16B6ClN3S2. The Morgan fingerprint density at radius 3 is 2.58 bits per heavy atom. The maximum absolute atomic E-state index is 6.07. The molecule has 0 aliphatic heterocycles. The molecule has 31 heavy (non-hydrogen) atoms. The highest BCUT2D eigenvalue weighted by molar-refractivity contribution is 7.18. The third-order valence-corrected chi connectivity index (χ3v) is 7.32. The van der Waals surface area contributed by atoms with Gasteiger partial charge < -0.3 is 11.1 Å². The molecule has 3 nitrogen and oxygen atoms in total. The quantitative estimate of drug-likeness (QED) is 0.476. The molecule has 4 rings (SSSR count). The minimum atomic E-state index is -1.33. The maximum Gasteiger partial charge on any atom is 0.131 e. The van der Waals surface area contributed by atoms with E-state index < -0.39 is 16.5 Å². The zero-order chi connectivity index (χ0) is 23.0. The van der Waals surface area contributed by atoms with Crippen LogP contribution in [0.2, 0.25) is 15.6 Å². The lowest BCUT2D eigenvalue weighted by molar-refractivity contribution is 0.539. The van der Waals surface area contributed by atoms with Crippen molar-refractivity contribution in [2.24, 2.45) is 5.73 Å². The number of nitrogens with one attached hydrogen (secondary N) is 1. The van der Waals surface area contributed by atoms with Crippen LogP contribution in [0.5, 0.6) is 0 Å². The molecule has 12 heteroatoms. The SMILES string of the molecule is Cc1csc2c(NCc3cccs3)cc(Cl)nc12.[B]C1=C([B])C([B])([B])C(N)CC1([B])[B]. The topological polar surface area (TPSA) is 50.9 Å². The molecule has 0 spiro atoms. The summed E-state index contributed by atoms with van der Waals surface area (Å²) >= 11 is 9.52. The monoisotopic (exact) mass is 451 g/mol. The fourth-order valence-corrected chi connectivity index (χ4v) is 4.97. The van der Waals surface area contributed by atoms with E-state index in [2.05, 4.69) is 40.1 Å². The Labute approximate surface area is 204 Å². The molecular weight excluding hydrogens is 435 g/mol. The molecule has 1 aliphatic carbocycles. The number of nitrogens with two attached hydrogens (primary N) is 1. The zero-order valence-corrected chi connectivity index (χ0v) is 19.5. The number of aryl methyl sites for hydroxylation is 1. The highest BCUT2D eigenvalue weighted by Crippen LogP contribution is 2.47. The summed E-state index contributed by atoms with van der Waals surface area (Å²) in [7, 11) is 33.8. The van der Waals surface area contributed by atoms with Crippen molar-refractivity contribution in [2.75, 3.05) is 5.32 Å². The predicted octanol–water partition coefficient (Wildman–Crippen LogP) is 3.10. The third kappa shape index (κ3) is 5.32. The highest BCUT2D eigenvalue weighted by atomic mass is 35.5. The number of hydrogen-bond acceptors (Lipinski definition) is 5. The van der Waals surface area contributed by atoms with Crippen LogP contribution >= 0.6 is 34.3 Å². The summed E-state index contributed by atoms with van der Waals surface area (Å²) in [5, 5.41) is 5.64. The second kappa shape index (κ2) is 9.46. The van der Waals surface area contributed by atoms with Gasteiger partial charge in [0, 0.05) is 17.5 Å². The Balaban J connectivity index is 0.000000187. The van der Waals surface area contributed by atoms with Gasteiger partial charge in [0.2, 0.25) is 0 Å². The number of thiophene rings is 2. The van der Waals surface area contributed by atoms with E-state index in [4.69, 9.17) is 64.4 Å². The summed E-state index contributed by atoms with van der Waals surface area (Å²) in [5.41, 5.74) is 9.08. The van der Waals surface area contributed by atoms with Crippen molar-refractivity contribution in [3.05, 3.63) is 55.5 Å². The zero-order valence-electron chi connectivity index (χ0n) is 17.1. The molecule has 0 saturated carbocycles. The van der Waals surface area contributed by atoms with E-state index in [-0.39, 0.29) is 17.4 Å². The number of allylic oxidation sites excluding steroid dienone is 1. The van der Waals surface area contributed by atoms with Crippen LogP contribution in [0.25, 0.3) is 10.2 Å². The summed E-state index contributed by atoms with van der Waals surface area (Å²) in [6.07, 6.45) is 0.201. The van der Waals surface area contributed by atoms with Crippen molar-refractivity contribution in [3.8, 4) is 0 Å². The normalized spacial score (nSPS) is 19.6. The van der Waals surface area contributed by atoms with Crippen molar-refractivity contribution in [3.63, 3.8) is 0 Å². The number of aromatic nitrogens is 1. The highest BCUT2D eigenvalue weighted by Gasteiger charge is 2.38. The molecule has 0 fully saturated rings. The number of halogens is 1. The number of pyridine rings is 1. The minimum Gasteiger partial charge on any atom is -0.379 e. The van der Waals surface area contributed by atoms with E-state index in [0.717, 1.165) is 17.7 Å². The van der Waals surface area contributed by atoms with Gasteiger partial charge in [-0.25, -0.2) is 4.98 Å². The van der Waals surface area contributed by atoms with Crippen LogP contribution in [0.4, 0.5) is 5.69 Å². The lowest BCUT2D eigenvalue weighted by Crippen LogP contribution is -2.46. The van der Waals surface area contributed by atoms with E-state index in [0.29, 0.717) is 5.15 Å². The summed E-state index contributed by atoms with van der Waals surface area (Å²) in [4.78, 5) is 5.69. The maximum atomic E-state index is 6.07. The first kappa shape index (κ1) is 24.6. The van der Waals surface area contributed by atoms with Crippen LogP contribution in [-0.4, -0.2) is 58.1 Å². The van der Waals surface area contributed by atoms with E-state index in [1.807, 2.05) is 6.07 Å². The van der Waals surface area contributed by atoms with Crippen molar-refractivity contribution >= 4 is 97.3 Å². The summed E-state index contributed by atoms with van der Waals surface area (Å²) in [6.45, 7) is 2.88. The van der Waals surface area contributed by atoms with Gasteiger partial charge in [-0.3, -0.25) is 0 Å². The Morgan fingerprint density at radius 2 is 1.94 bits per heavy atom. The van der Waals surface area contributed by atoms with Gasteiger partial charge >= 0.3 is 0 Å². The predicted molar refractivity (Wildman–Crippen MR) is 141 cm³/mol. The lowest BCUT2D eigenvalue weighted by Gasteiger charge is -2.48. The molecule has 1 unspecified atom stereocenters. The standard InChI is InChI=1S/C13H11ClN2S2.C6H5B6N/c1-8-7-18-13-10(5-11(14)16-12(8)13)15-6-9-3-2-4-17-9;7-3-4(8)6(11,12)2(13)1-5(3,9)10/h2-5,7H,6H2,1H3,(H,15,16);2H,1,13H2. The molecule has 144 valence electrons. The van der Waals surface area contributed by atoms with Gasteiger partial charge in [0.1, 0.15) is 20.8 Å². The largest absolute Gasteiger partial charge is 0.379 e. The molecule has 3 aromatic heterocycles. The molecule has 0 saturated heterocycles. The van der Waals surface area contributed by atoms with Crippen molar-refractivity contribution in [1.29, 1.82) is 0 Å². The van der Waals surface area contributed by atoms with Crippen molar-refractivity contribution in [2.45, 2.75) is 36.4 Å². The Morgan fingerprint density at radius 1 is 1.23 bits per heavy atom. The number of nitrogens with zero attached hydrogens (tertiary/aromatic N) is 1. The molecule has 1 atom stereocenters. The fourth-order valence-electron chi connectivity index (χ4n) is 3.15. The Kier molecular flexibility index (Phi) is 7.52. The van der Waals surface area contributed by atoms with E-state index in [9.17, 15) is 0 Å². The molecule has 1 aliphatic rings. The minimum absolute atomic E-state index is 0.0660. The van der Waals surface area contributed by atoms with Gasteiger partial charge in [0.15, 0.2) is 0 Å². The van der Waals surface area contributed by atoms with Crippen molar-refractivity contribution < 1.29 is 0 Å². The first-order chi connectivity index (χ1) is 14.4. The molecule has 0 amide bonds. The van der Waals surface area contributed by atoms with E-state index in [1.165, 1.54) is 15.1 Å². The van der Waals surface area contributed by atoms with Gasteiger partial charge in [-0.15, -0.1) is 33.6 Å². The molecule has 12 radical (unpaired) electrons. The first-order valence-electron chi connectivity index (χ1n) is 9.41. The third-order valence-electron chi connectivity index (χ3n) is 5.13. The van der Waals surface area contributed by atoms with Crippen LogP contribution in [0.1, 0.15) is 16.9 Å². The molecule has 0 aromatic carbocycles. The van der Waals surface area contributed by atoms with Gasteiger partial charge in [0.25, 0.3) is 0 Å². The molecule has 3 N–H and O–H groups in total. The lowest BCUT2D eigenvalue weighted by atomic mass is 9.31. The first-order valence-corrected chi connectivity index (χ1v) is 11.5. The van der Waals surface area contributed by atoms with Crippen LogP contribution in [0.15, 0.2) is 39.9 Å². The smallest absolute Gasteiger partial charge is 0.131 e. The Bertz CT molecular complexity index is 1100. The summed E-state index contributed by atoms with van der Waals surface area (Å²) < 4.78 is 1.17. The van der Waals surface area contributed by atoms with E-state index >= 15 is 0 Å². The Hall–Kier alpha value is -1.01. The van der Waals surface area contributed by atoms with Gasteiger partial charge in [-0.05, 0) is 41.8 Å². The summed E-state index contributed by atoms with van der Waals surface area (Å²) in [6, 6.07) is 5.48.